The number of hydrogen-bond acceptors (Lipinski definition) is 3. The van der Waals surface area contributed by atoms with E-state index in [1.807, 2.05) is 37.3 Å². The number of benzene rings is 1. The Morgan fingerprint density at radius 2 is 1.95 bits per heavy atom. The number of carbonyl (C=O) groups excluding carboxylic acids is 1. The largest absolute Gasteiger partial charge is 0.367 e. The second-order valence-electron chi connectivity index (χ2n) is 5.89. The molecule has 0 aliphatic heterocycles. The molecular weight excluding hydrogens is 288 g/mol. The first kappa shape index (κ1) is 19.9. The first-order valence-corrected chi connectivity index (χ1v) is 7.08. The Balaban J connectivity index is 0.00000400. The molecule has 0 bridgehead atoms. The maximum atomic E-state index is 11.9. The van der Waals surface area contributed by atoms with Crippen molar-refractivity contribution < 1.29 is 9.53 Å². The third-order valence-electron chi connectivity index (χ3n) is 3.10. The summed E-state index contributed by atoms with van der Waals surface area (Å²) >= 11 is 0. The molecule has 0 heterocycles. The van der Waals surface area contributed by atoms with Crippen LogP contribution in [0.2, 0.25) is 0 Å². The smallest absolute Gasteiger partial charge is 0.246 e. The summed E-state index contributed by atoms with van der Waals surface area (Å²) in [6, 6.07) is 9.80. The highest BCUT2D eigenvalue weighted by atomic mass is 35.5. The lowest BCUT2D eigenvalue weighted by molar-refractivity contribution is -0.128. The molecular formula is C16H27ClN2O2. The molecule has 0 aliphatic carbocycles. The van der Waals surface area contributed by atoms with Crippen LogP contribution in [0.5, 0.6) is 0 Å². The summed E-state index contributed by atoms with van der Waals surface area (Å²) in [6.45, 7) is 7.13. The SMILES string of the molecule is CC(C)CC(C)(CN)NC(=O)COCc1ccccc1.Cl. The van der Waals surface area contributed by atoms with Gasteiger partial charge in [-0.2, -0.15) is 0 Å². The molecule has 5 heteroatoms. The summed E-state index contributed by atoms with van der Waals surface area (Å²) in [5.41, 5.74) is 6.47. The molecule has 0 saturated carbocycles. The molecule has 1 unspecified atom stereocenters. The normalized spacial score (nSPS) is 13.4. The van der Waals surface area contributed by atoms with Gasteiger partial charge in [-0.1, -0.05) is 44.2 Å². The number of halogens is 1. The summed E-state index contributed by atoms with van der Waals surface area (Å²) < 4.78 is 5.42. The summed E-state index contributed by atoms with van der Waals surface area (Å²) in [5.74, 6) is 0.364. The van der Waals surface area contributed by atoms with Crippen molar-refractivity contribution in [1.29, 1.82) is 0 Å². The van der Waals surface area contributed by atoms with Gasteiger partial charge in [-0.05, 0) is 24.8 Å². The van der Waals surface area contributed by atoms with Crippen molar-refractivity contribution in [3.63, 3.8) is 0 Å². The Labute approximate surface area is 133 Å². The van der Waals surface area contributed by atoms with Gasteiger partial charge < -0.3 is 15.8 Å². The molecule has 0 aromatic heterocycles. The minimum absolute atomic E-state index is 0. The van der Waals surface area contributed by atoms with Crippen LogP contribution >= 0.6 is 12.4 Å². The molecule has 3 N–H and O–H groups in total. The molecule has 1 atom stereocenters. The molecule has 0 radical (unpaired) electrons. The standard InChI is InChI=1S/C16H26N2O2.ClH/c1-13(2)9-16(3,12-17)18-15(19)11-20-10-14-7-5-4-6-8-14;/h4-8,13H,9-12,17H2,1-3H3,(H,18,19);1H. The lowest BCUT2D eigenvalue weighted by Gasteiger charge is -2.31. The van der Waals surface area contributed by atoms with Crippen LogP contribution in [0.25, 0.3) is 0 Å². The van der Waals surface area contributed by atoms with Crippen molar-refractivity contribution in [3.05, 3.63) is 35.9 Å². The number of amides is 1. The van der Waals surface area contributed by atoms with Gasteiger partial charge in [-0.3, -0.25) is 4.79 Å². The van der Waals surface area contributed by atoms with Gasteiger partial charge in [0.05, 0.1) is 6.61 Å². The molecule has 0 fully saturated rings. The number of rotatable bonds is 8. The van der Waals surface area contributed by atoms with Gasteiger partial charge in [0.25, 0.3) is 0 Å². The minimum Gasteiger partial charge on any atom is -0.367 e. The Bertz CT molecular complexity index is 412. The lowest BCUT2D eigenvalue weighted by atomic mass is 9.91. The molecule has 21 heavy (non-hydrogen) atoms. The highest BCUT2D eigenvalue weighted by Crippen LogP contribution is 2.15. The van der Waals surface area contributed by atoms with Crippen molar-refractivity contribution in [2.45, 2.75) is 39.3 Å². The topological polar surface area (TPSA) is 64.3 Å². The van der Waals surface area contributed by atoms with Crippen LogP contribution in [0, 0.1) is 5.92 Å². The van der Waals surface area contributed by atoms with Crippen LogP contribution in [0.15, 0.2) is 30.3 Å². The number of hydrogen-bond donors (Lipinski definition) is 2. The maximum Gasteiger partial charge on any atom is 0.246 e. The van der Waals surface area contributed by atoms with Gasteiger partial charge in [-0.25, -0.2) is 0 Å². The van der Waals surface area contributed by atoms with E-state index < -0.39 is 0 Å². The van der Waals surface area contributed by atoms with E-state index in [-0.39, 0.29) is 30.5 Å². The van der Waals surface area contributed by atoms with Crippen LogP contribution in [0.4, 0.5) is 0 Å². The van der Waals surface area contributed by atoms with E-state index in [1.54, 1.807) is 0 Å². The Kier molecular flexibility index (Phi) is 9.26. The first-order chi connectivity index (χ1) is 9.45. The van der Waals surface area contributed by atoms with E-state index in [4.69, 9.17) is 10.5 Å². The summed E-state index contributed by atoms with van der Waals surface area (Å²) in [7, 11) is 0. The van der Waals surface area contributed by atoms with E-state index in [2.05, 4.69) is 19.2 Å². The molecule has 4 nitrogen and oxygen atoms in total. The average molecular weight is 315 g/mol. The zero-order valence-electron chi connectivity index (χ0n) is 13.1. The van der Waals surface area contributed by atoms with Gasteiger partial charge in [0.2, 0.25) is 5.91 Å². The predicted octanol–water partition coefficient (Wildman–Crippen LogP) is 2.50. The van der Waals surface area contributed by atoms with Crippen molar-refractivity contribution >= 4 is 18.3 Å². The highest BCUT2D eigenvalue weighted by molar-refractivity contribution is 5.85. The second kappa shape index (κ2) is 9.77. The molecule has 1 aromatic carbocycles. The number of nitrogens with two attached hydrogens (primary N) is 1. The van der Waals surface area contributed by atoms with Crippen LogP contribution < -0.4 is 11.1 Å². The summed E-state index contributed by atoms with van der Waals surface area (Å²) in [5, 5.41) is 2.97. The molecule has 1 rings (SSSR count). The molecule has 1 amide bonds. The fraction of sp³-hybridized carbons (Fsp3) is 0.562. The van der Waals surface area contributed by atoms with E-state index in [9.17, 15) is 4.79 Å². The Morgan fingerprint density at radius 3 is 2.48 bits per heavy atom. The zero-order chi connectivity index (χ0) is 15.0. The predicted molar refractivity (Wildman–Crippen MR) is 88.4 cm³/mol. The van der Waals surface area contributed by atoms with Gasteiger partial charge >= 0.3 is 0 Å². The van der Waals surface area contributed by atoms with Gasteiger partial charge in [0.15, 0.2) is 0 Å². The lowest BCUT2D eigenvalue weighted by Crippen LogP contribution is -2.53. The molecule has 1 aromatic rings. The van der Waals surface area contributed by atoms with E-state index in [0.717, 1.165) is 12.0 Å². The van der Waals surface area contributed by atoms with Crippen molar-refractivity contribution in [2.24, 2.45) is 11.7 Å². The monoisotopic (exact) mass is 314 g/mol. The number of ether oxygens (including phenoxy) is 1. The number of carbonyl (C=O) groups is 1. The fourth-order valence-electron chi connectivity index (χ4n) is 2.29. The quantitative estimate of drug-likeness (QED) is 0.775. The Hall–Kier alpha value is -1.10. The van der Waals surface area contributed by atoms with E-state index >= 15 is 0 Å². The van der Waals surface area contributed by atoms with Crippen molar-refractivity contribution in [1.82, 2.24) is 5.32 Å². The zero-order valence-corrected chi connectivity index (χ0v) is 13.9. The summed E-state index contributed by atoms with van der Waals surface area (Å²) in [6.07, 6.45) is 0.855. The molecule has 0 aliphatic rings. The van der Waals surface area contributed by atoms with Crippen LogP contribution in [-0.4, -0.2) is 24.6 Å². The van der Waals surface area contributed by atoms with Crippen molar-refractivity contribution in [2.75, 3.05) is 13.2 Å². The van der Waals surface area contributed by atoms with Gasteiger partial charge in [-0.15, -0.1) is 12.4 Å². The molecule has 0 saturated heterocycles. The first-order valence-electron chi connectivity index (χ1n) is 7.08. The van der Waals surface area contributed by atoms with E-state index in [0.29, 0.717) is 19.1 Å². The maximum absolute atomic E-state index is 11.9. The molecule has 120 valence electrons. The second-order valence-corrected chi connectivity index (χ2v) is 5.89. The summed E-state index contributed by atoms with van der Waals surface area (Å²) in [4.78, 5) is 11.9. The van der Waals surface area contributed by atoms with Gasteiger partial charge in [0.1, 0.15) is 6.61 Å². The van der Waals surface area contributed by atoms with Crippen LogP contribution in [0.3, 0.4) is 0 Å². The number of nitrogens with one attached hydrogen (secondary N) is 1. The highest BCUT2D eigenvalue weighted by Gasteiger charge is 2.25. The fourth-order valence-corrected chi connectivity index (χ4v) is 2.29. The van der Waals surface area contributed by atoms with Gasteiger partial charge in [0, 0.05) is 12.1 Å². The van der Waals surface area contributed by atoms with Crippen LogP contribution in [-0.2, 0) is 16.1 Å². The van der Waals surface area contributed by atoms with Crippen LogP contribution in [0.1, 0.15) is 32.8 Å². The average Bonchev–Trinajstić information content (AvgIpc) is 2.39. The third-order valence-corrected chi connectivity index (χ3v) is 3.10. The van der Waals surface area contributed by atoms with Crippen molar-refractivity contribution in [3.8, 4) is 0 Å². The Morgan fingerprint density at radius 1 is 1.33 bits per heavy atom. The molecule has 0 spiro atoms. The third kappa shape index (κ3) is 8.05. The minimum atomic E-state index is -0.360. The van der Waals surface area contributed by atoms with E-state index in [1.165, 1.54) is 0 Å².